The third-order valence-electron chi connectivity index (χ3n) is 2.67. The van der Waals surface area contributed by atoms with Gasteiger partial charge in [0.2, 0.25) is 0 Å². The molecule has 0 aliphatic heterocycles. The topological polar surface area (TPSA) is 51.8 Å². The second kappa shape index (κ2) is 5.26. The highest BCUT2D eigenvalue weighted by molar-refractivity contribution is 7.15. The van der Waals surface area contributed by atoms with Crippen molar-refractivity contribution < 1.29 is 13.2 Å². The van der Waals surface area contributed by atoms with Crippen LogP contribution in [-0.4, -0.2) is 9.97 Å². The number of alkyl halides is 3. The summed E-state index contributed by atoms with van der Waals surface area (Å²) in [7, 11) is 0. The molecule has 0 saturated heterocycles. The molecule has 7 heteroatoms. The van der Waals surface area contributed by atoms with E-state index in [4.69, 9.17) is 5.73 Å². The van der Waals surface area contributed by atoms with Crippen LogP contribution in [0.1, 0.15) is 23.1 Å². The molecule has 2 rings (SSSR count). The van der Waals surface area contributed by atoms with E-state index in [-0.39, 0.29) is 11.4 Å². The fourth-order valence-electron chi connectivity index (χ4n) is 1.74. The van der Waals surface area contributed by atoms with Crippen LogP contribution in [0.3, 0.4) is 0 Å². The number of pyridine rings is 1. The summed E-state index contributed by atoms with van der Waals surface area (Å²) in [5, 5.41) is 0.340. The van der Waals surface area contributed by atoms with Crippen molar-refractivity contribution in [3.63, 3.8) is 0 Å². The van der Waals surface area contributed by atoms with Crippen molar-refractivity contribution in [2.45, 2.75) is 26.1 Å². The Labute approximate surface area is 112 Å². The standard InChI is InChI=1S/C12H12F3N3S/c1-2-7-6-17-4-3-8(7)11-18-10(12(13,14)15)9(5-16)19-11/h3-4,6H,2,5,16H2,1H3. The van der Waals surface area contributed by atoms with Crippen LogP contribution in [0.2, 0.25) is 0 Å². The van der Waals surface area contributed by atoms with Gasteiger partial charge in [0.05, 0.1) is 4.88 Å². The van der Waals surface area contributed by atoms with Crippen LogP contribution in [0.25, 0.3) is 10.6 Å². The molecular weight excluding hydrogens is 275 g/mol. The van der Waals surface area contributed by atoms with Gasteiger partial charge in [-0.15, -0.1) is 11.3 Å². The molecule has 2 N–H and O–H groups in total. The van der Waals surface area contributed by atoms with Gasteiger partial charge >= 0.3 is 6.18 Å². The summed E-state index contributed by atoms with van der Waals surface area (Å²) in [6.07, 6.45) is -0.595. The van der Waals surface area contributed by atoms with Gasteiger partial charge in [0.25, 0.3) is 0 Å². The van der Waals surface area contributed by atoms with Crippen molar-refractivity contribution >= 4 is 11.3 Å². The Balaban J connectivity index is 2.55. The first-order valence-corrected chi connectivity index (χ1v) is 6.49. The number of hydrogen-bond acceptors (Lipinski definition) is 4. The lowest BCUT2D eigenvalue weighted by Gasteiger charge is -2.04. The molecule has 0 unspecified atom stereocenters. The maximum absolute atomic E-state index is 12.8. The molecule has 0 aliphatic carbocycles. The van der Waals surface area contributed by atoms with Crippen LogP contribution in [0.15, 0.2) is 18.5 Å². The van der Waals surface area contributed by atoms with E-state index in [9.17, 15) is 13.2 Å². The molecule has 0 amide bonds. The highest BCUT2D eigenvalue weighted by Crippen LogP contribution is 2.38. The summed E-state index contributed by atoms with van der Waals surface area (Å²) in [6, 6.07) is 1.68. The molecule has 19 heavy (non-hydrogen) atoms. The normalized spacial score (nSPS) is 11.8. The summed E-state index contributed by atoms with van der Waals surface area (Å²) < 4.78 is 38.5. The molecule has 0 bridgehead atoms. The van der Waals surface area contributed by atoms with Gasteiger partial charge < -0.3 is 5.73 Å². The summed E-state index contributed by atoms with van der Waals surface area (Å²) in [6.45, 7) is 1.75. The zero-order valence-electron chi connectivity index (χ0n) is 10.2. The van der Waals surface area contributed by atoms with Gasteiger partial charge in [-0.1, -0.05) is 6.92 Å². The van der Waals surface area contributed by atoms with Crippen molar-refractivity contribution in [2.75, 3.05) is 0 Å². The molecule has 0 spiro atoms. The number of hydrogen-bond donors (Lipinski definition) is 1. The summed E-state index contributed by atoms with van der Waals surface area (Å²) >= 11 is 0.985. The second-order valence-corrected chi connectivity index (χ2v) is 4.96. The molecule has 102 valence electrons. The molecule has 3 nitrogen and oxygen atoms in total. The van der Waals surface area contributed by atoms with E-state index < -0.39 is 11.9 Å². The highest BCUT2D eigenvalue weighted by atomic mass is 32.1. The fraction of sp³-hybridized carbons (Fsp3) is 0.333. The van der Waals surface area contributed by atoms with E-state index >= 15 is 0 Å². The first-order chi connectivity index (χ1) is 8.97. The van der Waals surface area contributed by atoms with E-state index in [0.29, 0.717) is 17.0 Å². The average Bonchev–Trinajstić information content (AvgIpc) is 2.82. The van der Waals surface area contributed by atoms with Crippen molar-refractivity contribution in [1.29, 1.82) is 0 Å². The summed E-state index contributed by atoms with van der Waals surface area (Å²) in [4.78, 5) is 7.74. The van der Waals surface area contributed by atoms with Crippen molar-refractivity contribution in [1.82, 2.24) is 9.97 Å². The number of thiazole rings is 1. The SMILES string of the molecule is CCc1cnccc1-c1nc(C(F)(F)F)c(CN)s1. The fourth-order valence-corrected chi connectivity index (χ4v) is 2.77. The smallest absolute Gasteiger partial charge is 0.326 e. The molecule has 2 heterocycles. The monoisotopic (exact) mass is 287 g/mol. The summed E-state index contributed by atoms with van der Waals surface area (Å²) in [5.74, 6) is 0. The van der Waals surface area contributed by atoms with E-state index in [1.165, 1.54) is 0 Å². The van der Waals surface area contributed by atoms with E-state index in [1.807, 2.05) is 6.92 Å². The number of nitrogens with zero attached hydrogens (tertiary/aromatic N) is 2. The highest BCUT2D eigenvalue weighted by Gasteiger charge is 2.37. The van der Waals surface area contributed by atoms with E-state index in [2.05, 4.69) is 9.97 Å². The van der Waals surface area contributed by atoms with Crippen LogP contribution in [-0.2, 0) is 19.1 Å². The van der Waals surface area contributed by atoms with Gasteiger partial charge in [-0.2, -0.15) is 13.2 Å². The van der Waals surface area contributed by atoms with Crippen molar-refractivity contribution in [3.05, 3.63) is 34.6 Å². The minimum atomic E-state index is -4.47. The Bertz CT molecular complexity index is 578. The first-order valence-electron chi connectivity index (χ1n) is 5.67. The predicted molar refractivity (Wildman–Crippen MR) is 67.6 cm³/mol. The molecule has 2 aromatic rings. The second-order valence-electron chi connectivity index (χ2n) is 3.88. The van der Waals surface area contributed by atoms with Crippen LogP contribution in [0.5, 0.6) is 0 Å². The minimum absolute atomic E-state index is 0.0568. The number of aryl methyl sites for hydroxylation is 1. The van der Waals surface area contributed by atoms with Gasteiger partial charge in [0.1, 0.15) is 5.01 Å². The Morgan fingerprint density at radius 1 is 1.37 bits per heavy atom. The number of rotatable bonds is 3. The maximum Gasteiger partial charge on any atom is 0.434 e. The molecule has 0 saturated carbocycles. The third-order valence-corrected chi connectivity index (χ3v) is 3.78. The van der Waals surface area contributed by atoms with Crippen molar-refractivity contribution in [2.24, 2.45) is 5.73 Å². The van der Waals surface area contributed by atoms with Gasteiger partial charge in [-0.05, 0) is 18.1 Å². The zero-order valence-corrected chi connectivity index (χ0v) is 11.0. The van der Waals surface area contributed by atoms with Gasteiger partial charge in [0.15, 0.2) is 5.69 Å². The quantitative estimate of drug-likeness (QED) is 0.942. The number of halogens is 3. The average molecular weight is 287 g/mol. The molecule has 0 fully saturated rings. The van der Waals surface area contributed by atoms with Crippen LogP contribution in [0.4, 0.5) is 13.2 Å². The molecule has 0 atom stereocenters. The Morgan fingerprint density at radius 3 is 2.63 bits per heavy atom. The predicted octanol–water partition coefficient (Wildman–Crippen LogP) is 3.25. The molecule has 0 radical (unpaired) electrons. The number of aromatic nitrogens is 2. The van der Waals surface area contributed by atoms with Crippen molar-refractivity contribution in [3.8, 4) is 10.6 Å². The lowest BCUT2D eigenvalue weighted by atomic mass is 10.1. The van der Waals surface area contributed by atoms with Gasteiger partial charge in [0, 0.05) is 24.5 Å². The first kappa shape index (κ1) is 14.0. The molecular formula is C12H12F3N3S. The maximum atomic E-state index is 12.8. The molecule has 2 aromatic heterocycles. The van der Waals surface area contributed by atoms with Gasteiger partial charge in [-0.3, -0.25) is 4.98 Å². The van der Waals surface area contributed by atoms with Crippen LogP contribution >= 0.6 is 11.3 Å². The zero-order chi connectivity index (χ0) is 14.0. The lowest BCUT2D eigenvalue weighted by molar-refractivity contribution is -0.141. The number of nitrogens with two attached hydrogens (primary N) is 1. The lowest BCUT2D eigenvalue weighted by Crippen LogP contribution is -2.10. The third kappa shape index (κ3) is 2.76. The Morgan fingerprint density at radius 2 is 2.11 bits per heavy atom. The minimum Gasteiger partial charge on any atom is -0.326 e. The van der Waals surface area contributed by atoms with E-state index in [1.54, 1.807) is 18.5 Å². The Hall–Kier alpha value is -1.47. The van der Waals surface area contributed by atoms with Crippen LogP contribution < -0.4 is 5.73 Å². The largest absolute Gasteiger partial charge is 0.434 e. The Kier molecular flexibility index (Phi) is 3.86. The van der Waals surface area contributed by atoms with Gasteiger partial charge in [-0.25, -0.2) is 4.98 Å². The van der Waals surface area contributed by atoms with Crippen LogP contribution in [0, 0.1) is 0 Å². The van der Waals surface area contributed by atoms with E-state index in [0.717, 1.165) is 16.9 Å². The molecule has 0 aliphatic rings. The summed E-state index contributed by atoms with van der Waals surface area (Å²) in [5.41, 5.74) is 6.04. The molecule has 0 aromatic carbocycles.